The normalized spacial score (nSPS) is 20.8. The molecule has 0 bridgehead atoms. The van der Waals surface area contributed by atoms with E-state index < -0.39 is 0 Å². The van der Waals surface area contributed by atoms with Crippen LogP contribution in [0, 0.1) is 6.92 Å². The molecule has 1 aliphatic rings. The van der Waals surface area contributed by atoms with Gasteiger partial charge in [0.05, 0.1) is 0 Å². The van der Waals surface area contributed by atoms with Gasteiger partial charge < -0.3 is 10.2 Å². The standard InChI is InChI=1S/C11H16N4O/c1-3-9-11(16)12-4-5-15(9)10-6-8(2)13-7-14-10/h6-7,9H,3-5H2,1-2H3,(H,12,16). The average molecular weight is 220 g/mol. The molecule has 2 heterocycles. The Kier molecular flexibility index (Phi) is 3.03. The molecule has 1 atom stereocenters. The number of aryl methyl sites for hydroxylation is 1. The van der Waals surface area contributed by atoms with Gasteiger partial charge in [-0.1, -0.05) is 6.92 Å². The number of anilines is 1. The van der Waals surface area contributed by atoms with Crippen molar-refractivity contribution in [3.8, 4) is 0 Å². The molecule has 1 aromatic heterocycles. The molecule has 1 aliphatic heterocycles. The van der Waals surface area contributed by atoms with Gasteiger partial charge in [-0.2, -0.15) is 0 Å². The second kappa shape index (κ2) is 4.47. The largest absolute Gasteiger partial charge is 0.353 e. The molecule has 0 saturated carbocycles. The molecule has 1 aromatic rings. The Morgan fingerprint density at radius 1 is 1.56 bits per heavy atom. The predicted octanol–water partition coefficient (Wildman–Crippen LogP) is 0.500. The summed E-state index contributed by atoms with van der Waals surface area (Å²) < 4.78 is 0. The Labute approximate surface area is 94.9 Å². The predicted molar refractivity (Wildman–Crippen MR) is 61.2 cm³/mol. The quantitative estimate of drug-likeness (QED) is 0.788. The highest BCUT2D eigenvalue weighted by molar-refractivity contribution is 5.86. The molecule has 1 amide bonds. The van der Waals surface area contributed by atoms with Crippen LogP contribution in [0.4, 0.5) is 5.82 Å². The lowest BCUT2D eigenvalue weighted by Crippen LogP contribution is -2.55. The van der Waals surface area contributed by atoms with Crippen LogP contribution in [0.5, 0.6) is 0 Å². The van der Waals surface area contributed by atoms with E-state index in [1.165, 1.54) is 0 Å². The number of nitrogens with zero attached hydrogens (tertiary/aromatic N) is 3. The summed E-state index contributed by atoms with van der Waals surface area (Å²) in [6.45, 7) is 5.42. The van der Waals surface area contributed by atoms with Crippen LogP contribution in [-0.4, -0.2) is 35.0 Å². The maximum atomic E-state index is 11.7. The maximum absolute atomic E-state index is 11.7. The van der Waals surface area contributed by atoms with Crippen molar-refractivity contribution < 1.29 is 4.79 Å². The molecular formula is C11H16N4O. The zero-order valence-corrected chi connectivity index (χ0v) is 9.60. The van der Waals surface area contributed by atoms with Crippen molar-refractivity contribution in [1.82, 2.24) is 15.3 Å². The Hall–Kier alpha value is -1.65. The summed E-state index contributed by atoms with van der Waals surface area (Å²) in [5, 5.41) is 2.87. The minimum atomic E-state index is -0.108. The highest BCUT2D eigenvalue weighted by atomic mass is 16.2. The first-order valence-electron chi connectivity index (χ1n) is 5.55. The van der Waals surface area contributed by atoms with Crippen LogP contribution in [0.15, 0.2) is 12.4 Å². The molecular weight excluding hydrogens is 204 g/mol. The number of carbonyl (C=O) groups is 1. The van der Waals surface area contributed by atoms with Gasteiger partial charge >= 0.3 is 0 Å². The number of rotatable bonds is 2. The summed E-state index contributed by atoms with van der Waals surface area (Å²) in [6, 6.07) is 1.81. The van der Waals surface area contributed by atoms with Crippen molar-refractivity contribution in [2.45, 2.75) is 26.3 Å². The zero-order valence-electron chi connectivity index (χ0n) is 9.60. The smallest absolute Gasteiger partial charge is 0.242 e. The second-order valence-corrected chi connectivity index (χ2v) is 3.93. The van der Waals surface area contributed by atoms with E-state index in [0.717, 1.165) is 24.5 Å². The third kappa shape index (κ3) is 1.98. The minimum Gasteiger partial charge on any atom is -0.353 e. The van der Waals surface area contributed by atoms with Crippen molar-refractivity contribution in [2.24, 2.45) is 0 Å². The molecule has 0 aliphatic carbocycles. The minimum absolute atomic E-state index is 0.0880. The summed E-state index contributed by atoms with van der Waals surface area (Å²) in [5.41, 5.74) is 0.922. The molecule has 0 radical (unpaired) electrons. The maximum Gasteiger partial charge on any atom is 0.242 e. The first-order chi connectivity index (χ1) is 7.72. The van der Waals surface area contributed by atoms with E-state index in [2.05, 4.69) is 15.3 Å². The summed E-state index contributed by atoms with van der Waals surface area (Å²) in [5.74, 6) is 0.930. The number of carbonyl (C=O) groups excluding carboxylic acids is 1. The van der Waals surface area contributed by atoms with Gasteiger partial charge in [-0.05, 0) is 13.3 Å². The molecule has 2 rings (SSSR count). The second-order valence-electron chi connectivity index (χ2n) is 3.93. The number of hydrogen-bond acceptors (Lipinski definition) is 4. The van der Waals surface area contributed by atoms with Gasteiger partial charge in [0.25, 0.3) is 0 Å². The summed E-state index contributed by atoms with van der Waals surface area (Å²) >= 11 is 0. The topological polar surface area (TPSA) is 58.1 Å². The Balaban J connectivity index is 2.27. The molecule has 0 aromatic carbocycles. The monoisotopic (exact) mass is 220 g/mol. The van der Waals surface area contributed by atoms with Gasteiger partial charge in [-0.3, -0.25) is 4.79 Å². The number of amides is 1. The summed E-state index contributed by atoms with van der Waals surface area (Å²) in [7, 11) is 0. The van der Waals surface area contributed by atoms with Crippen molar-refractivity contribution in [2.75, 3.05) is 18.0 Å². The van der Waals surface area contributed by atoms with Crippen LogP contribution < -0.4 is 10.2 Å². The third-order valence-corrected chi connectivity index (χ3v) is 2.80. The van der Waals surface area contributed by atoms with Crippen molar-refractivity contribution in [1.29, 1.82) is 0 Å². The SMILES string of the molecule is CCC1C(=O)NCCN1c1cc(C)ncn1. The van der Waals surface area contributed by atoms with Gasteiger partial charge in [0.1, 0.15) is 18.2 Å². The lowest BCUT2D eigenvalue weighted by atomic mass is 10.1. The molecule has 1 saturated heterocycles. The summed E-state index contributed by atoms with van der Waals surface area (Å²) in [4.78, 5) is 22.0. The van der Waals surface area contributed by atoms with E-state index in [9.17, 15) is 4.79 Å². The van der Waals surface area contributed by atoms with E-state index in [1.54, 1.807) is 6.33 Å². The fraction of sp³-hybridized carbons (Fsp3) is 0.545. The average Bonchev–Trinajstić information content (AvgIpc) is 2.28. The zero-order chi connectivity index (χ0) is 11.5. The number of hydrogen-bond donors (Lipinski definition) is 1. The lowest BCUT2D eigenvalue weighted by Gasteiger charge is -2.35. The van der Waals surface area contributed by atoms with Crippen LogP contribution in [0.25, 0.3) is 0 Å². The molecule has 1 unspecified atom stereocenters. The van der Waals surface area contributed by atoms with E-state index in [1.807, 2.05) is 24.8 Å². The van der Waals surface area contributed by atoms with Crippen LogP contribution in [0.3, 0.4) is 0 Å². The molecule has 1 N–H and O–H groups in total. The molecule has 5 nitrogen and oxygen atoms in total. The number of nitrogens with one attached hydrogen (secondary N) is 1. The van der Waals surface area contributed by atoms with Gasteiger partial charge in [0, 0.05) is 24.8 Å². The van der Waals surface area contributed by atoms with Gasteiger partial charge in [-0.25, -0.2) is 9.97 Å². The first-order valence-corrected chi connectivity index (χ1v) is 5.55. The highest BCUT2D eigenvalue weighted by Gasteiger charge is 2.28. The fourth-order valence-corrected chi connectivity index (χ4v) is 1.99. The Morgan fingerprint density at radius 3 is 3.06 bits per heavy atom. The van der Waals surface area contributed by atoms with Crippen LogP contribution >= 0.6 is 0 Å². The molecule has 16 heavy (non-hydrogen) atoms. The number of aromatic nitrogens is 2. The Morgan fingerprint density at radius 2 is 2.38 bits per heavy atom. The van der Waals surface area contributed by atoms with E-state index in [0.29, 0.717) is 6.54 Å². The lowest BCUT2D eigenvalue weighted by molar-refractivity contribution is -0.123. The van der Waals surface area contributed by atoms with Crippen LogP contribution in [0.1, 0.15) is 19.0 Å². The van der Waals surface area contributed by atoms with Gasteiger partial charge in [-0.15, -0.1) is 0 Å². The van der Waals surface area contributed by atoms with Crippen LogP contribution in [0.2, 0.25) is 0 Å². The highest BCUT2D eigenvalue weighted by Crippen LogP contribution is 2.17. The van der Waals surface area contributed by atoms with Crippen molar-refractivity contribution in [3.05, 3.63) is 18.1 Å². The van der Waals surface area contributed by atoms with Gasteiger partial charge in [0.2, 0.25) is 5.91 Å². The number of piperazine rings is 1. The Bertz CT molecular complexity index is 393. The molecule has 5 heteroatoms. The summed E-state index contributed by atoms with van der Waals surface area (Å²) in [6.07, 6.45) is 2.33. The van der Waals surface area contributed by atoms with E-state index in [4.69, 9.17) is 0 Å². The third-order valence-electron chi connectivity index (χ3n) is 2.80. The van der Waals surface area contributed by atoms with Crippen molar-refractivity contribution in [3.63, 3.8) is 0 Å². The molecule has 0 spiro atoms. The van der Waals surface area contributed by atoms with E-state index in [-0.39, 0.29) is 11.9 Å². The van der Waals surface area contributed by atoms with Crippen LogP contribution in [-0.2, 0) is 4.79 Å². The van der Waals surface area contributed by atoms with E-state index >= 15 is 0 Å². The fourth-order valence-electron chi connectivity index (χ4n) is 1.99. The molecule has 1 fully saturated rings. The molecule has 86 valence electrons. The van der Waals surface area contributed by atoms with Gasteiger partial charge in [0.15, 0.2) is 0 Å². The first kappa shape index (κ1) is 10.9. The van der Waals surface area contributed by atoms with Crippen molar-refractivity contribution >= 4 is 11.7 Å².